The number of fused-ring (bicyclic) bond motifs is 3. The van der Waals surface area contributed by atoms with Crippen LogP contribution in [0.1, 0.15) is 52.4 Å². The molecule has 0 atom stereocenters. The highest BCUT2D eigenvalue weighted by Gasteiger charge is 2.15. The molecule has 0 fully saturated rings. The van der Waals surface area contributed by atoms with Gasteiger partial charge in [0.05, 0.1) is 5.52 Å². The van der Waals surface area contributed by atoms with Crippen molar-refractivity contribution in [2.45, 2.75) is 52.4 Å². The van der Waals surface area contributed by atoms with Crippen LogP contribution in [0.2, 0.25) is 0 Å². The molecule has 1 heterocycles. The van der Waals surface area contributed by atoms with Crippen LogP contribution in [0.25, 0.3) is 32.9 Å². The van der Waals surface area contributed by atoms with Crippen molar-refractivity contribution < 1.29 is 0 Å². The largest absolute Gasteiger partial charge is 0.371 e. The quantitative estimate of drug-likeness (QED) is 0.267. The number of aromatic nitrogens is 1. The van der Waals surface area contributed by atoms with Crippen LogP contribution in [0.5, 0.6) is 0 Å². The lowest BCUT2D eigenvalue weighted by Gasteiger charge is -2.27. The molecule has 1 aromatic heterocycles. The van der Waals surface area contributed by atoms with E-state index in [1.807, 2.05) is 0 Å². The van der Waals surface area contributed by atoms with Crippen molar-refractivity contribution in [3.05, 3.63) is 66.7 Å². The number of nitrogens with zero attached hydrogens (tertiary/aromatic N) is 1. The molecular formula is C28H34N2. The van der Waals surface area contributed by atoms with Gasteiger partial charge < -0.3 is 9.88 Å². The molecule has 0 bridgehead atoms. The van der Waals surface area contributed by atoms with E-state index in [1.54, 1.807) is 0 Å². The summed E-state index contributed by atoms with van der Waals surface area (Å²) in [6.07, 6.45) is 7.63. The third-order valence-electron chi connectivity index (χ3n) is 6.14. The van der Waals surface area contributed by atoms with Crippen LogP contribution in [0, 0.1) is 0 Å². The summed E-state index contributed by atoms with van der Waals surface area (Å²) in [6.45, 7) is 6.84. The Labute approximate surface area is 180 Å². The normalized spacial score (nSPS) is 11.4. The molecule has 4 rings (SSSR count). The molecular weight excluding hydrogens is 364 g/mol. The maximum Gasteiger partial charge on any atom is 0.0545 e. The van der Waals surface area contributed by atoms with E-state index in [2.05, 4.69) is 90.5 Å². The van der Waals surface area contributed by atoms with Gasteiger partial charge in [-0.05, 0) is 25.0 Å². The average Bonchev–Trinajstić information content (AvgIpc) is 3.17. The Kier molecular flexibility index (Phi) is 6.74. The molecule has 30 heavy (non-hydrogen) atoms. The number of para-hydroxylation sites is 3. The molecule has 1 N–H and O–H groups in total. The van der Waals surface area contributed by atoms with Crippen LogP contribution >= 0.6 is 0 Å². The molecule has 0 aliphatic heterocycles. The zero-order valence-corrected chi connectivity index (χ0v) is 18.5. The van der Waals surface area contributed by atoms with E-state index in [0.717, 1.165) is 13.1 Å². The number of rotatable bonds is 10. The Bertz CT molecular complexity index is 1080. The molecule has 0 aliphatic carbocycles. The number of unbranched alkanes of at least 4 members (excludes halogenated alkanes) is 4. The van der Waals surface area contributed by atoms with E-state index in [9.17, 15) is 0 Å². The van der Waals surface area contributed by atoms with Crippen molar-refractivity contribution in [2.24, 2.45) is 0 Å². The first-order chi connectivity index (χ1) is 14.8. The topological polar surface area (TPSA) is 19.0 Å². The predicted molar refractivity (Wildman–Crippen MR) is 133 cm³/mol. The molecule has 4 aromatic rings. The minimum absolute atomic E-state index is 1.14. The fourth-order valence-electron chi connectivity index (χ4n) is 4.53. The Morgan fingerprint density at radius 3 is 2.03 bits per heavy atom. The molecule has 0 saturated carbocycles. The van der Waals surface area contributed by atoms with Gasteiger partial charge in [-0.2, -0.15) is 0 Å². The number of anilines is 1. The van der Waals surface area contributed by atoms with Gasteiger partial charge in [-0.15, -0.1) is 0 Å². The third kappa shape index (κ3) is 4.23. The first-order valence-electron chi connectivity index (χ1n) is 11.7. The first kappa shape index (κ1) is 20.5. The molecule has 0 spiro atoms. The smallest absolute Gasteiger partial charge is 0.0545 e. The van der Waals surface area contributed by atoms with Gasteiger partial charge in [0.25, 0.3) is 0 Å². The maximum atomic E-state index is 3.70. The third-order valence-corrected chi connectivity index (χ3v) is 6.14. The van der Waals surface area contributed by atoms with E-state index >= 15 is 0 Å². The van der Waals surface area contributed by atoms with Crippen molar-refractivity contribution in [2.75, 3.05) is 18.0 Å². The highest BCUT2D eigenvalue weighted by Crippen LogP contribution is 2.37. The van der Waals surface area contributed by atoms with Crippen LogP contribution in [0.3, 0.4) is 0 Å². The van der Waals surface area contributed by atoms with Gasteiger partial charge in [0.15, 0.2) is 0 Å². The fraction of sp³-hybridized carbons (Fsp3) is 0.357. The summed E-state index contributed by atoms with van der Waals surface area (Å²) in [6, 6.07) is 24.3. The number of aromatic amines is 1. The predicted octanol–water partition coefficient (Wildman–Crippen LogP) is 8.17. The molecule has 3 aromatic carbocycles. The van der Waals surface area contributed by atoms with E-state index in [-0.39, 0.29) is 0 Å². The lowest BCUT2D eigenvalue weighted by atomic mass is 9.99. The molecule has 156 valence electrons. The molecule has 0 amide bonds. The van der Waals surface area contributed by atoms with Crippen molar-refractivity contribution in [1.29, 1.82) is 0 Å². The van der Waals surface area contributed by atoms with Crippen molar-refractivity contribution in [1.82, 2.24) is 4.98 Å². The number of hydrogen-bond acceptors (Lipinski definition) is 1. The number of hydrogen-bond donors (Lipinski definition) is 1. The van der Waals surface area contributed by atoms with E-state index in [1.165, 1.54) is 77.1 Å². The number of nitrogens with one attached hydrogen (secondary N) is 1. The van der Waals surface area contributed by atoms with E-state index in [0.29, 0.717) is 0 Å². The van der Waals surface area contributed by atoms with Crippen molar-refractivity contribution in [3.8, 4) is 11.1 Å². The van der Waals surface area contributed by atoms with Crippen LogP contribution < -0.4 is 4.90 Å². The minimum Gasteiger partial charge on any atom is -0.371 e. The monoisotopic (exact) mass is 398 g/mol. The van der Waals surface area contributed by atoms with Crippen LogP contribution in [-0.4, -0.2) is 18.1 Å². The van der Waals surface area contributed by atoms with Crippen LogP contribution in [0.15, 0.2) is 66.7 Å². The molecule has 0 saturated heterocycles. The zero-order chi connectivity index (χ0) is 20.8. The van der Waals surface area contributed by atoms with E-state index < -0.39 is 0 Å². The minimum atomic E-state index is 1.14. The van der Waals surface area contributed by atoms with Gasteiger partial charge >= 0.3 is 0 Å². The Morgan fingerprint density at radius 2 is 1.27 bits per heavy atom. The second kappa shape index (κ2) is 9.84. The molecule has 0 aliphatic rings. The van der Waals surface area contributed by atoms with Crippen molar-refractivity contribution >= 4 is 27.5 Å². The van der Waals surface area contributed by atoms with Crippen LogP contribution in [0.4, 0.5) is 5.69 Å². The first-order valence-corrected chi connectivity index (χ1v) is 11.7. The number of H-pyrrole nitrogens is 1. The lowest BCUT2D eigenvalue weighted by Crippen LogP contribution is -2.26. The average molecular weight is 399 g/mol. The molecule has 2 nitrogen and oxygen atoms in total. The highest BCUT2D eigenvalue weighted by atomic mass is 15.1. The standard InChI is InChI=1S/C28H34N2/c1-3-5-11-20-30(21-12-6-4-2)27-19-10-8-15-23(27)25-17-13-16-24-22-14-7-9-18-26(22)29-28(24)25/h7-10,13-19,29H,3-6,11-12,20-21H2,1-2H3. The SMILES string of the molecule is CCCCCN(CCCCC)c1ccccc1-c1cccc2c1[nH]c1ccccc12. The van der Waals surface area contributed by atoms with Gasteiger partial charge in [-0.1, -0.05) is 94.1 Å². The highest BCUT2D eigenvalue weighted by molar-refractivity contribution is 6.12. The van der Waals surface area contributed by atoms with Gasteiger partial charge in [0.1, 0.15) is 0 Å². The summed E-state index contributed by atoms with van der Waals surface area (Å²) in [5.41, 5.74) is 6.46. The summed E-state index contributed by atoms with van der Waals surface area (Å²) in [7, 11) is 0. The van der Waals surface area contributed by atoms with Crippen LogP contribution in [-0.2, 0) is 0 Å². The summed E-state index contributed by atoms with van der Waals surface area (Å²) in [5, 5.41) is 2.61. The Balaban J connectivity index is 1.78. The lowest BCUT2D eigenvalue weighted by molar-refractivity contribution is 0.637. The number of benzene rings is 3. The Morgan fingerprint density at radius 1 is 0.633 bits per heavy atom. The molecule has 0 radical (unpaired) electrons. The van der Waals surface area contributed by atoms with Gasteiger partial charge in [-0.3, -0.25) is 0 Å². The summed E-state index contributed by atoms with van der Waals surface area (Å²) in [5.74, 6) is 0. The second-order valence-electron chi connectivity index (χ2n) is 8.32. The van der Waals surface area contributed by atoms with Gasteiger partial charge in [0, 0.05) is 46.2 Å². The zero-order valence-electron chi connectivity index (χ0n) is 18.5. The Hall–Kier alpha value is -2.74. The van der Waals surface area contributed by atoms with Crippen molar-refractivity contribution in [3.63, 3.8) is 0 Å². The second-order valence-corrected chi connectivity index (χ2v) is 8.32. The molecule has 0 unspecified atom stereocenters. The van der Waals surface area contributed by atoms with Gasteiger partial charge in [-0.25, -0.2) is 0 Å². The summed E-state index contributed by atoms with van der Waals surface area (Å²) >= 11 is 0. The van der Waals surface area contributed by atoms with E-state index in [4.69, 9.17) is 0 Å². The summed E-state index contributed by atoms with van der Waals surface area (Å²) < 4.78 is 0. The van der Waals surface area contributed by atoms with Gasteiger partial charge in [0.2, 0.25) is 0 Å². The molecule has 2 heteroatoms. The maximum absolute atomic E-state index is 3.70. The summed E-state index contributed by atoms with van der Waals surface area (Å²) in [4.78, 5) is 6.32. The fourth-order valence-corrected chi connectivity index (χ4v) is 4.53.